The van der Waals surface area contributed by atoms with Gasteiger partial charge in [-0.1, -0.05) is 83.1 Å². The Morgan fingerprint density at radius 3 is 1.52 bits per heavy atom. The summed E-state index contributed by atoms with van der Waals surface area (Å²) in [4.78, 5) is 0. The maximum Gasteiger partial charge on any atom is 0.411 e. The second-order valence-corrected chi connectivity index (χ2v) is 16.0. The van der Waals surface area contributed by atoms with E-state index in [-0.39, 0.29) is 23.5 Å². The first-order valence-corrected chi connectivity index (χ1v) is 18.5. The van der Waals surface area contributed by atoms with Gasteiger partial charge in [-0.25, -0.2) is 8.78 Å². The minimum Gasteiger partial charge on any atom is -0.379 e. The molecule has 6 nitrogen and oxygen atoms in total. The molecule has 12 heteroatoms. The van der Waals surface area contributed by atoms with Crippen LogP contribution in [0.3, 0.4) is 0 Å². The zero-order chi connectivity index (χ0) is 32.6. The van der Waals surface area contributed by atoms with Gasteiger partial charge >= 0.3 is 30.5 Å². The Morgan fingerprint density at radius 2 is 1.18 bits per heavy atom. The Bertz CT molecular complexity index is 1400. The van der Waals surface area contributed by atoms with Gasteiger partial charge in [-0.2, -0.15) is 25.6 Å². The van der Waals surface area contributed by atoms with Crippen LogP contribution in [-0.4, -0.2) is 37.3 Å². The number of rotatable bonds is 11. The van der Waals surface area contributed by atoms with Crippen molar-refractivity contribution in [2.45, 2.75) is 137 Å². The molecule has 0 radical (unpaired) electrons. The summed E-state index contributed by atoms with van der Waals surface area (Å²) in [5, 5.41) is -10.8. The van der Waals surface area contributed by atoms with Gasteiger partial charge in [0.25, 0.3) is 5.67 Å². The second kappa shape index (κ2) is 13.1. The van der Waals surface area contributed by atoms with E-state index < -0.39 is 47.8 Å². The van der Waals surface area contributed by atoms with Gasteiger partial charge < -0.3 is 4.18 Å². The number of alkyl halides is 4. The third-order valence-corrected chi connectivity index (χ3v) is 12.6. The van der Waals surface area contributed by atoms with Crippen molar-refractivity contribution in [2.24, 2.45) is 0 Å². The van der Waals surface area contributed by atoms with Gasteiger partial charge in [-0.05, 0) is 91.5 Å². The molecule has 248 valence electrons. The molecule has 3 aliphatic carbocycles. The van der Waals surface area contributed by atoms with Crippen LogP contribution in [0.4, 0.5) is 17.6 Å². The van der Waals surface area contributed by atoms with E-state index in [1.54, 1.807) is 0 Å². The van der Waals surface area contributed by atoms with Crippen LogP contribution in [-0.2, 0) is 20.2 Å². The first-order valence-electron chi connectivity index (χ1n) is 15.7. The van der Waals surface area contributed by atoms with Crippen molar-refractivity contribution in [3.63, 3.8) is 0 Å². The van der Waals surface area contributed by atoms with E-state index in [4.69, 9.17) is 4.18 Å². The SMILES string of the molecule is C=CC(F)(C(F)(F)S(=O)(=O)O)C(F)(C(=C)C)S(=O)(=O)Oc1c(C2CCCCC2)cc(C2CCCCC2)cc1C1CCCCC1. The molecule has 0 saturated heterocycles. The Morgan fingerprint density at radius 1 is 0.795 bits per heavy atom. The van der Waals surface area contributed by atoms with Crippen molar-refractivity contribution >= 4 is 20.2 Å². The molecular weight excluding hydrogens is 620 g/mol. The molecule has 1 aromatic carbocycles. The van der Waals surface area contributed by atoms with Gasteiger partial charge in [0.05, 0.1) is 0 Å². The lowest BCUT2D eigenvalue weighted by Crippen LogP contribution is -2.65. The van der Waals surface area contributed by atoms with E-state index in [2.05, 4.69) is 13.2 Å². The molecule has 0 spiro atoms. The number of hydrogen-bond acceptors (Lipinski definition) is 5. The fourth-order valence-electron chi connectivity index (χ4n) is 7.40. The third kappa shape index (κ3) is 6.11. The molecule has 0 heterocycles. The standard InChI is InChI=1S/C32H44F4O6S2/c1-4-30(33,32(35,36)43(37,38)39)31(34,22(2)3)44(40,41)42-29-27(24-16-10-6-11-17-24)20-26(23-14-8-5-9-15-23)21-28(29)25-18-12-7-13-19-25/h4,20-21,23-25H,1-2,5-19H2,3H3,(H,37,38,39). The summed E-state index contributed by atoms with van der Waals surface area (Å²) in [5.41, 5.74) is -4.43. The molecule has 3 saturated carbocycles. The van der Waals surface area contributed by atoms with Crippen molar-refractivity contribution < 1.29 is 43.1 Å². The van der Waals surface area contributed by atoms with Crippen LogP contribution in [0.15, 0.2) is 36.9 Å². The molecular formula is C32H44F4O6S2. The molecule has 44 heavy (non-hydrogen) atoms. The summed E-state index contributed by atoms with van der Waals surface area (Å²) < 4.78 is 129. The zero-order valence-electron chi connectivity index (χ0n) is 25.3. The normalized spacial score (nSPS) is 23.0. The van der Waals surface area contributed by atoms with Gasteiger partial charge in [-0.15, -0.1) is 0 Å². The van der Waals surface area contributed by atoms with E-state index in [9.17, 15) is 21.4 Å². The summed E-state index contributed by atoms with van der Waals surface area (Å²) in [5.74, 6) is -0.282. The smallest absolute Gasteiger partial charge is 0.379 e. The largest absolute Gasteiger partial charge is 0.411 e. The third-order valence-electron chi connectivity index (χ3n) is 9.92. The van der Waals surface area contributed by atoms with E-state index in [0.29, 0.717) is 43.7 Å². The van der Waals surface area contributed by atoms with Crippen LogP contribution in [0.5, 0.6) is 5.75 Å². The van der Waals surface area contributed by atoms with Crippen LogP contribution in [0.25, 0.3) is 0 Å². The first kappa shape index (κ1) is 34.9. The van der Waals surface area contributed by atoms with Crippen molar-refractivity contribution in [3.05, 3.63) is 53.6 Å². The zero-order valence-corrected chi connectivity index (χ0v) is 26.9. The van der Waals surface area contributed by atoms with Crippen LogP contribution in [0.1, 0.15) is 138 Å². The molecule has 1 aromatic rings. The molecule has 1 N–H and O–H groups in total. The average molecular weight is 665 g/mol. The summed E-state index contributed by atoms with van der Waals surface area (Å²) >= 11 is 0. The fourth-order valence-corrected chi connectivity index (χ4v) is 9.59. The summed E-state index contributed by atoms with van der Waals surface area (Å²) in [7, 11) is -12.8. The van der Waals surface area contributed by atoms with Crippen molar-refractivity contribution in [1.82, 2.24) is 0 Å². The quantitative estimate of drug-likeness (QED) is 0.110. The number of benzene rings is 1. The Balaban J connectivity index is 1.96. The van der Waals surface area contributed by atoms with Crippen LogP contribution >= 0.6 is 0 Å². The predicted molar refractivity (Wildman–Crippen MR) is 163 cm³/mol. The lowest BCUT2D eigenvalue weighted by molar-refractivity contribution is -0.0933. The molecule has 2 atom stereocenters. The lowest BCUT2D eigenvalue weighted by atomic mass is 9.75. The van der Waals surface area contributed by atoms with Crippen molar-refractivity contribution in [3.8, 4) is 5.75 Å². The maximum atomic E-state index is 16.9. The number of allylic oxidation sites excluding steroid dienone is 1. The highest BCUT2D eigenvalue weighted by atomic mass is 32.2. The number of halogens is 4. The van der Waals surface area contributed by atoms with E-state index in [1.165, 1.54) is 0 Å². The molecule has 2 unspecified atom stereocenters. The second-order valence-electron chi connectivity index (χ2n) is 12.9. The van der Waals surface area contributed by atoms with Gasteiger partial charge in [0, 0.05) is 0 Å². The van der Waals surface area contributed by atoms with Gasteiger partial charge in [0.15, 0.2) is 0 Å². The molecule has 0 aliphatic heterocycles. The van der Waals surface area contributed by atoms with E-state index >= 15 is 17.6 Å². The van der Waals surface area contributed by atoms with Gasteiger partial charge in [0.1, 0.15) is 5.75 Å². The molecule has 0 aromatic heterocycles. The predicted octanol–water partition coefficient (Wildman–Crippen LogP) is 9.16. The van der Waals surface area contributed by atoms with Crippen LogP contribution in [0.2, 0.25) is 0 Å². The molecule has 3 fully saturated rings. The fraction of sp³-hybridized carbons (Fsp3) is 0.688. The highest BCUT2D eigenvalue weighted by Crippen LogP contribution is 2.54. The summed E-state index contributed by atoms with van der Waals surface area (Å²) in [6.45, 7) is 6.54. The summed E-state index contributed by atoms with van der Waals surface area (Å²) in [6.07, 6.45) is 13.0. The number of hydrogen-bond donors (Lipinski definition) is 1. The minimum absolute atomic E-state index is 0.160. The Labute approximate surface area is 259 Å². The average Bonchev–Trinajstić information content (AvgIpc) is 3.00. The molecule has 3 aliphatic rings. The summed E-state index contributed by atoms with van der Waals surface area (Å²) in [6, 6.07) is 3.79. The van der Waals surface area contributed by atoms with Gasteiger partial charge in [-0.3, -0.25) is 4.55 Å². The van der Waals surface area contributed by atoms with Crippen LogP contribution in [0, 0.1) is 0 Å². The maximum absolute atomic E-state index is 16.9. The van der Waals surface area contributed by atoms with Crippen molar-refractivity contribution in [2.75, 3.05) is 0 Å². The van der Waals surface area contributed by atoms with E-state index in [0.717, 1.165) is 76.2 Å². The lowest BCUT2D eigenvalue weighted by Gasteiger charge is -2.39. The highest BCUT2D eigenvalue weighted by Gasteiger charge is 2.78. The van der Waals surface area contributed by atoms with E-state index in [1.807, 2.05) is 12.1 Å². The highest BCUT2D eigenvalue weighted by molar-refractivity contribution is 7.89. The van der Waals surface area contributed by atoms with Crippen molar-refractivity contribution in [1.29, 1.82) is 0 Å². The molecule has 0 amide bonds. The minimum atomic E-state index is -6.67. The van der Waals surface area contributed by atoms with Crippen LogP contribution < -0.4 is 4.18 Å². The first-order chi connectivity index (χ1) is 20.5. The Hall–Kier alpha value is -1.92. The Kier molecular flexibility index (Phi) is 10.4. The monoisotopic (exact) mass is 664 g/mol. The molecule has 4 rings (SSSR count). The molecule has 0 bridgehead atoms. The topological polar surface area (TPSA) is 97.7 Å². The van der Waals surface area contributed by atoms with Gasteiger partial charge in [0.2, 0.25) is 0 Å².